The first-order valence-corrected chi connectivity index (χ1v) is 7.47. The summed E-state index contributed by atoms with van der Waals surface area (Å²) in [5.74, 6) is 0. The second-order valence-corrected chi connectivity index (χ2v) is 5.54. The monoisotopic (exact) mass is 284 g/mol. The number of hydrogen-bond donors (Lipinski definition) is 0. The summed E-state index contributed by atoms with van der Waals surface area (Å²) in [6.45, 7) is 5.49. The smallest absolute Gasteiger partial charge is 0.0624 e. The summed E-state index contributed by atoms with van der Waals surface area (Å²) in [7, 11) is 0. The molecular weight excluding hydrogens is 264 g/mol. The van der Waals surface area contributed by atoms with E-state index >= 15 is 0 Å². The molecule has 1 heterocycles. The van der Waals surface area contributed by atoms with Crippen LogP contribution in [-0.4, -0.2) is 15.1 Å². The van der Waals surface area contributed by atoms with Gasteiger partial charge in [-0.3, -0.25) is 4.68 Å². The van der Waals surface area contributed by atoms with Gasteiger partial charge in [-0.2, -0.15) is 5.10 Å². The standard InChI is InChI=1S/C13H21BrN2/c1-3-11-8-12(4-2)16(15-11)10-13(9-14)6-5-7-13/h8H,3-7,9-10H2,1-2H3. The lowest BCUT2D eigenvalue weighted by atomic mass is 9.70. The van der Waals surface area contributed by atoms with Crippen LogP contribution < -0.4 is 0 Å². The highest BCUT2D eigenvalue weighted by atomic mass is 79.9. The molecule has 2 rings (SSSR count). The molecule has 1 aliphatic rings. The molecule has 0 atom stereocenters. The summed E-state index contributed by atoms with van der Waals surface area (Å²) in [5, 5.41) is 5.83. The van der Waals surface area contributed by atoms with Crippen molar-refractivity contribution in [3.05, 3.63) is 17.5 Å². The lowest BCUT2D eigenvalue weighted by Crippen LogP contribution is -2.36. The SMILES string of the molecule is CCc1cc(CC)n(CC2(CBr)CCC2)n1. The van der Waals surface area contributed by atoms with Crippen molar-refractivity contribution >= 4 is 15.9 Å². The van der Waals surface area contributed by atoms with Crippen LogP contribution in [0.5, 0.6) is 0 Å². The molecule has 0 saturated heterocycles. The molecule has 1 fully saturated rings. The third-order valence-electron chi connectivity index (χ3n) is 3.82. The van der Waals surface area contributed by atoms with Gasteiger partial charge < -0.3 is 0 Å². The molecule has 90 valence electrons. The van der Waals surface area contributed by atoms with E-state index in [1.807, 2.05) is 0 Å². The van der Waals surface area contributed by atoms with E-state index in [1.165, 1.54) is 30.7 Å². The number of hydrogen-bond acceptors (Lipinski definition) is 1. The number of halogens is 1. The predicted molar refractivity (Wildman–Crippen MR) is 71.1 cm³/mol. The molecule has 0 N–H and O–H groups in total. The Labute approximate surface area is 107 Å². The minimum atomic E-state index is 0.487. The minimum Gasteiger partial charge on any atom is -0.269 e. The van der Waals surface area contributed by atoms with Crippen LogP contribution in [0.1, 0.15) is 44.5 Å². The van der Waals surface area contributed by atoms with Crippen molar-refractivity contribution in [2.45, 2.75) is 52.5 Å². The third kappa shape index (κ3) is 2.20. The van der Waals surface area contributed by atoms with Gasteiger partial charge >= 0.3 is 0 Å². The summed E-state index contributed by atoms with van der Waals surface area (Å²) >= 11 is 3.67. The molecule has 0 amide bonds. The van der Waals surface area contributed by atoms with E-state index in [2.05, 4.69) is 40.5 Å². The van der Waals surface area contributed by atoms with Gasteiger partial charge in [0.25, 0.3) is 0 Å². The molecule has 2 nitrogen and oxygen atoms in total. The Hall–Kier alpha value is -0.310. The highest BCUT2D eigenvalue weighted by molar-refractivity contribution is 9.09. The zero-order valence-electron chi connectivity index (χ0n) is 10.3. The Bertz CT molecular complexity index is 347. The van der Waals surface area contributed by atoms with Crippen LogP contribution in [0.3, 0.4) is 0 Å². The van der Waals surface area contributed by atoms with Gasteiger partial charge in [0.05, 0.1) is 5.69 Å². The maximum absolute atomic E-state index is 4.71. The van der Waals surface area contributed by atoms with Gasteiger partial charge in [0.2, 0.25) is 0 Å². The number of aromatic nitrogens is 2. The first-order chi connectivity index (χ1) is 7.73. The second-order valence-electron chi connectivity index (χ2n) is 4.98. The zero-order chi connectivity index (χ0) is 11.6. The van der Waals surface area contributed by atoms with Crippen LogP contribution in [-0.2, 0) is 19.4 Å². The second kappa shape index (κ2) is 4.91. The van der Waals surface area contributed by atoms with Gasteiger partial charge in [-0.05, 0) is 37.2 Å². The number of nitrogens with zero attached hydrogens (tertiary/aromatic N) is 2. The zero-order valence-corrected chi connectivity index (χ0v) is 11.9. The summed E-state index contributed by atoms with van der Waals surface area (Å²) in [5.41, 5.74) is 3.12. The molecule has 0 aliphatic heterocycles. The van der Waals surface area contributed by atoms with Crippen molar-refractivity contribution in [1.82, 2.24) is 9.78 Å². The largest absolute Gasteiger partial charge is 0.269 e. The van der Waals surface area contributed by atoms with Crippen LogP contribution in [0.15, 0.2) is 6.07 Å². The Morgan fingerprint density at radius 3 is 2.56 bits per heavy atom. The van der Waals surface area contributed by atoms with E-state index in [0.29, 0.717) is 5.41 Å². The number of alkyl halides is 1. The van der Waals surface area contributed by atoms with Crippen molar-refractivity contribution in [2.24, 2.45) is 5.41 Å². The van der Waals surface area contributed by atoms with Crippen molar-refractivity contribution in [3.8, 4) is 0 Å². The Kier molecular flexibility index (Phi) is 3.73. The van der Waals surface area contributed by atoms with E-state index in [1.54, 1.807) is 0 Å². The lowest BCUT2D eigenvalue weighted by Gasteiger charge is -2.40. The molecule has 0 aromatic carbocycles. The Morgan fingerprint density at radius 1 is 1.38 bits per heavy atom. The van der Waals surface area contributed by atoms with E-state index in [-0.39, 0.29) is 0 Å². The molecule has 1 aromatic rings. The molecule has 0 spiro atoms. The van der Waals surface area contributed by atoms with Gasteiger partial charge in [-0.15, -0.1) is 0 Å². The van der Waals surface area contributed by atoms with Gasteiger partial charge in [0.15, 0.2) is 0 Å². The molecule has 0 unspecified atom stereocenters. The highest BCUT2D eigenvalue weighted by Crippen LogP contribution is 2.43. The molecule has 1 saturated carbocycles. The molecule has 0 radical (unpaired) electrons. The fourth-order valence-electron chi connectivity index (χ4n) is 2.44. The lowest BCUT2D eigenvalue weighted by molar-refractivity contribution is 0.132. The van der Waals surface area contributed by atoms with Crippen LogP contribution >= 0.6 is 15.9 Å². The van der Waals surface area contributed by atoms with Crippen molar-refractivity contribution in [2.75, 3.05) is 5.33 Å². The minimum absolute atomic E-state index is 0.487. The van der Waals surface area contributed by atoms with E-state index in [9.17, 15) is 0 Å². The van der Waals surface area contributed by atoms with Crippen LogP contribution in [0.4, 0.5) is 0 Å². The van der Waals surface area contributed by atoms with Gasteiger partial charge in [0.1, 0.15) is 0 Å². The average Bonchev–Trinajstić information content (AvgIpc) is 2.65. The van der Waals surface area contributed by atoms with Crippen LogP contribution in [0.2, 0.25) is 0 Å². The van der Waals surface area contributed by atoms with Crippen molar-refractivity contribution in [3.63, 3.8) is 0 Å². The fourth-order valence-corrected chi connectivity index (χ4v) is 3.18. The number of aryl methyl sites for hydroxylation is 2. The third-order valence-corrected chi connectivity index (χ3v) is 5.01. The van der Waals surface area contributed by atoms with E-state index < -0.39 is 0 Å². The maximum Gasteiger partial charge on any atom is 0.0624 e. The van der Waals surface area contributed by atoms with Gasteiger partial charge in [-0.25, -0.2) is 0 Å². The maximum atomic E-state index is 4.71. The summed E-state index contributed by atoms with van der Waals surface area (Å²) < 4.78 is 2.25. The topological polar surface area (TPSA) is 17.8 Å². The number of rotatable bonds is 5. The summed E-state index contributed by atoms with van der Waals surface area (Å²) in [6, 6.07) is 2.26. The summed E-state index contributed by atoms with van der Waals surface area (Å²) in [4.78, 5) is 0. The van der Waals surface area contributed by atoms with Crippen molar-refractivity contribution in [1.29, 1.82) is 0 Å². The molecule has 1 aliphatic carbocycles. The van der Waals surface area contributed by atoms with Gasteiger partial charge in [0, 0.05) is 17.6 Å². The molecule has 16 heavy (non-hydrogen) atoms. The summed E-state index contributed by atoms with van der Waals surface area (Å²) in [6.07, 6.45) is 6.22. The Balaban J connectivity index is 2.16. The van der Waals surface area contributed by atoms with E-state index in [4.69, 9.17) is 5.10 Å². The molecule has 1 aromatic heterocycles. The average molecular weight is 285 g/mol. The van der Waals surface area contributed by atoms with E-state index in [0.717, 1.165) is 24.7 Å². The van der Waals surface area contributed by atoms with Crippen molar-refractivity contribution < 1.29 is 0 Å². The van der Waals surface area contributed by atoms with Crippen LogP contribution in [0, 0.1) is 5.41 Å². The van der Waals surface area contributed by atoms with Crippen LogP contribution in [0.25, 0.3) is 0 Å². The molecule has 0 bridgehead atoms. The Morgan fingerprint density at radius 2 is 2.12 bits per heavy atom. The first-order valence-electron chi connectivity index (χ1n) is 6.34. The predicted octanol–water partition coefficient (Wildman–Crippen LogP) is 3.57. The highest BCUT2D eigenvalue weighted by Gasteiger charge is 2.36. The normalized spacial score (nSPS) is 18.4. The molecular formula is C13H21BrN2. The fraction of sp³-hybridized carbons (Fsp3) is 0.769. The first kappa shape index (κ1) is 12.2. The quantitative estimate of drug-likeness (QED) is 0.756. The van der Waals surface area contributed by atoms with Gasteiger partial charge in [-0.1, -0.05) is 36.2 Å². The molecule has 3 heteroatoms.